The molecule has 0 N–H and O–H groups in total. The zero-order valence-corrected chi connectivity index (χ0v) is 13.3. The number of morpholine rings is 1. The van der Waals surface area contributed by atoms with E-state index in [4.69, 9.17) is 4.74 Å². The molecule has 0 aromatic rings. The Labute approximate surface area is 120 Å². The summed E-state index contributed by atoms with van der Waals surface area (Å²) in [5, 5.41) is 0.962. The smallest absolute Gasteiger partial charge is 0.0806 e. The zero-order chi connectivity index (χ0) is 12.8. The molecule has 1 aliphatic heterocycles. The van der Waals surface area contributed by atoms with Crippen LogP contribution < -0.4 is 0 Å². The molecule has 4 atom stereocenters. The second kappa shape index (κ2) is 5.06. The van der Waals surface area contributed by atoms with Crippen molar-refractivity contribution >= 4 is 15.9 Å². The van der Waals surface area contributed by atoms with E-state index < -0.39 is 0 Å². The summed E-state index contributed by atoms with van der Waals surface area (Å²) in [7, 11) is 0. The molecule has 104 valence electrons. The molecule has 2 aliphatic carbocycles. The van der Waals surface area contributed by atoms with Crippen LogP contribution >= 0.6 is 15.9 Å². The van der Waals surface area contributed by atoms with Gasteiger partial charge in [-0.05, 0) is 50.9 Å². The molecule has 4 unspecified atom stereocenters. The number of rotatable bonds is 3. The Bertz CT molecular complexity index is 307. The van der Waals surface area contributed by atoms with Crippen LogP contribution in [0.4, 0.5) is 0 Å². The molecule has 3 rings (SSSR count). The predicted octanol–water partition coefficient (Wildman–Crippen LogP) is 3.30. The van der Waals surface area contributed by atoms with Crippen LogP contribution in [0.1, 0.15) is 39.5 Å². The summed E-state index contributed by atoms with van der Waals surface area (Å²) in [6.45, 7) is 8.00. The molecule has 1 heterocycles. The lowest BCUT2D eigenvalue weighted by molar-refractivity contribution is -0.129. The molecule has 2 saturated carbocycles. The van der Waals surface area contributed by atoms with Crippen LogP contribution in [0.25, 0.3) is 0 Å². The average molecular weight is 316 g/mol. The summed E-state index contributed by atoms with van der Waals surface area (Å²) in [5.41, 5.74) is 0.0221. The van der Waals surface area contributed by atoms with Crippen molar-refractivity contribution in [2.75, 3.05) is 25.0 Å². The summed E-state index contributed by atoms with van der Waals surface area (Å²) in [5.74, 6) is 3.10. The Morgan fingerprint density at radius 2 is 2.11 bits per heavy atom. The van der Waals surface area contributed by atoms with Crippen molar-refractivity contribution in [1.82, 2.24) is 4.90 Å². The first-order valence-corrected chi connectivity index (χ1v) is 8.64. The molecule has 0 amide bonds. The monoisotopic (exact) mass is 315 g/mol. The third-order valence-electron chi connectivity index (χ3n) is 5.10. The average Bonchev–Trinajstić information content (AvgIpc) is 2.88. The lowest BCUT2D eigenvalue weighted by Crippen LogP contribution is -2.54. The van der Waals surface area contributed by atoms with E-state index in [2.05, 4.69) is 34.7 Å². The third-order valence-corrected chi connectivity index (χ3v) is 5.82. The van der Waals surface area contributed by atoms with Crippen molar-refractivity contribution in [1.29, 1.82) is 0 Å². The lowest BCUT2D eigenvalue weighted by atomic mass is 9.88. The van der Waals surface area contributed by atoms with Crippen LogP contribution in [0.3, 0.4) is 0 Å². The first kappa shape index (κ1) is 13.4. The van der Waals surface area contributed by atoms with Gasteiger partial charge in [-0.15, -0.1) is 0 Å². The molecule has 3 aliphatic rings. The first-order valence-electron chi connectivity index (χ1n) is 7.52. The van der Waals surface area contributed by atoms with Gasteiger partial charge in [0.15, 0.2) is 0 Å². The summed E-state index contributed by atoms with van der Waals surface area (Å²) < 4.78 is 6.09. The molecule has 3 heteroatoms. The molecule has 0 spiro atoms. The van der Waals surface area contributed by atoms with Gasteiger partial charge in [-0.25, -0.2) is 0 Å². The molecule has 0 radical (unpaired) electrons. The fourth-order valence-corrected chi connectivity index (χ4v) is 4.90. The maximum absolute atomic E-state index is 6.09. The topological polar surface area (TPSA) is 12.5 Å². The minimum absolute atomic E-state index is 0.0221. The van der Waals surface area contributed by atoms with E-state index in [1.807, 2.05) is 0 Å². The minimum Gasteiger partial charge on any atom is -0.369 e. The number of alkyl halides is 1. The highest BCUT2D eigenvalue weighted by Crippen LogP contribution is 2.48. The van der Waals surface area contributed by atoms with Gasteiger partial charge in [0.05, 0.1) is 11.7 Å². The van der Waals surface area contributed by atoms with Crippen LogP contribution in [-0.4, -0.2) is 41.6 Å². The van der Waals surface area contributed by atoms with Gasteiger partial charge >= 0.3 is 0 Å². The minimum atomic E-state index is 0.0221. The van der Waals surface area contributed by atoms with Crippen molar-refractivity contribution < 1.29 is 4.74 Å². The first-order chi connectivity index (χ1) is 8.55. The molecular weight excluding hydrogens is 290 g/mol. The fourth-order valence-electron chi connectivity index (χ4n) is 4.57. The van der Waals surface area contributed by atoms with Gasteiger partial charge in [-0.3, -0.25) is 4.90 Å². The Hall–Kier alpha value is 0.400. The molecular formula is C15H26BrNO. The molecule has 2 bridgehead atoms. The zero-order valence-electron chi connectivity index (χ0n) is 11.7. The molecule has 0 aromatic heterocycles. The van der Waals surface area contributed by atoms with Crippen molar-refractivity contribution in [3.8, 4) is 0 Å². The second-order valence-corrected chi connectivity index (χ2v) is 7.93. The van der Waals surface area contributed by atoms with Gasteiger partial charge < -0.3 is 4.74 Å². The van der Waals surface area contributed by atoms with Gasteiger partial charge in [-0.2, -0.15) is 0 Å². The highest BCUT2D eigenvalue weighted by molar-refractivity contribution is 9.09. The van der Waals surface area contributed by atoms with Crippen molar-refractivity contribution in [2.24, 2.45) is 17.8 Å². The van der Waals surface area contributed by atoms with Gasteiger partial charge in [0.1, 0.15) is 0 Å². The van der Waals surface area contributed by atoms with Crippen molar-refractivity contribution in [2.45, 2.75) is 51.2 Å². The highest BCUT2D eigenvalue weighted by Gasteiger charge is 2.41. The molecule has 1 saturated heterocycles. The number of fused-ring (bicyclic) bond motifs is 2. The number of ether oxygens (including phenoxy) is 1. The Morgan fingerprint density at radius 1 is 1.28 bits per heavy atom. The normalized spacial score (nSPS) is 43.5. The largest absolute Gasteiger partial charge is 0.369 e. The SMILES string of the molecule is CC1(C)CN(CC2CC3CCC2C3)CC(CBr)O1. The predicted molar refractivity (Wildman–Crippen MR) is 78.1 cm³/mol. The van der Waals surface area contributed by atoms with E-state index in [0.29, 0.717) is 6.10 Å². The van der Waals surface area contributed by atoms with Crippen LogP contribution in [0.2, 0.25) is 0 Å². The Morgan fingerprint density at radius 3 is 2.72 bits per heavy atom. The standard InChI is InChI=1S/C15H26BrNO/c1-15(2)10-17(9-14(7-16)18-15)8-13-6-11-3-4-12(13)5-11/h11-14H,3-10H2,1-2H3. The summed E-state index contributed by atoms with van der Waals surface area (Å²) in [6, 6.07) is 0. The van der Waals surface area contributed by atoms with E-state index in [-0.39, 0.29) is 5.60 Å². The van der Waals surface area contributed by atoms with Crippen LogP contribution in [0.15, 0.2) is 0 Å². The summed E-state index contributed by atoms with van der Waals surface area (Å²) in [4.78, 5) is 2.67. The summed E-state index contributed by atoms with van der Waals surface area (Å²) in [6.07, 6.45) is 6.42. The van der Waals surface area contributed by atoms with Crippen molar-refractivity contribution in [3.05, 3.63) is 0 Å². The third kappa shape index (κ3) is 2.78. The number of hydrogen-bond acceptors (Lipinski definition) is 2. The van der Waals surface area contributed by atoms with E-state index in [1.165, 1.54) is 32.2 Å². The second-order valence-electron chi connectivity index (χ2n) is 7.28. The number of hydrogen-bond donors (Lipinski definition) is 0. The van der Waals surface area contributed by atoms with Gasteiger partial charge in [0, 0.05) is 25.0 Å². The Kier molecular flexibility index (Phi) is 3.77. The van der Waals surface area contributed by atoms with E-state index in [0.717, 1.165) is 36.2 Å². The lowest BCUT2D eigenvalue weighted by Gasteiger charge is -2.44. The van der Waals surface area contributed by atoms with Gasteiger partial charge in [0.2, 0.25) is 0 Å². The van der Waals surface area contributed by atoms with Gasteiger partial charge in [0.25, 0.3) is 0 Å². The van der Waals surface area contributed by atoms with E-state index in [1.54, 1.807) is 0 Å². The highest BCUT2D eigenvalue weighted by atomic mass is 79.9. The van der Waals surface area contributed by atoms with Crippen LogP contribution in [-0.2, 0) is 4.74 Å². The molecule has 0 aromatic carbocycles. The maximum Gasteiger partial charge on any atom is 0.0806 e. The van der Waals surface area contributed by atoms with Crippen LogP contribution in [0.5, 0.6) is 0 Å². The summed E-state index contributed by atoms with van der Waals surface area (Å²) >= 11 is 3.58. The van der Waals surface area contributed by atoms with Gasteiger partial charge in [-0.1, -0.05) is 22.4 Å². The fraction of sp³-hybridized carbons (Fsp3) is 1.00. The quantitative estimate of drug-likeness (QED) is 0.741. The molecule has 3 fully saturated rings. The van der Waals surface area contributed by atoms with E-state index >= 15 is 0 Å². The maximum atomic E-state index is 6.09. The van der Waals surface area contributed by atoms with Crippen LogP contribution in [0, 0.1) is 17.8 Å². The molecule has 18 heavy (non-hydrogen) atoms. The number of halogens is 1. The van der Waals surface area contributed by atoms with E-state index in [9.17, 15) is 0 Å². The van der Waals surface area contributed by atoms with Crippen molar-refractivity contribution in [3.63, 3.8) is 0 Å². The Balaban J connectivity index is 1.58. The molecule has 2 nitrogen and oxygen atoms in total. The number of nitrogens with zero attached hydrogens (tertiary/aromatic N) is 1.